The molecule has 2 N–H and O–H groups in total. The van der Waals surface area contributed by atoms with Crippen LogP contribution in [0.1, 0.15) is 51.9 Å². The molecule has 1 fully saturated rings. The minimum absolute atomic E-state index is 0.842. The summed E-state index contributed by atoms with van der Waals surface area (Å²) in [6.07, 6.45) is 9.65. The Morgan fingerprint density at radius 3 is 2.13 bits per heavy atom. The van der Waals surface area contributed by atoms with Gasteiger partial charge in [0.2, 0.25) is 0 Å². The largest absolute Gasteiger partial charge is 0.317 e. The van der Waals surface area contributed by atoms with E-state index in [0.29, 0.717) is 0 Å². The Kier molecular flexibility index (Phi) is 7.94. The van der Waals surface area contributed by atoms with Crippen LogP contribution in [0.15, 0.2) is 0 Å². The molecule has 0 aromatic carbocycles. The molecule has 90 valence electrons. The van der Waals surface area contributed by atoms with Gasteiger partial charge in [0.1, 0.15) is 0 Å². The Hall–Kier alpha value is -0.0800. The summed E-state index contributed by atoms with van der Waals surface area (Å²) >= 11 is 0. The van der Waals surface area contributed by atoms with Crippen LogP contribution in [-0.2, 0) is 0 Å². The van der Waals surface area contributed by atoms with Crippen LogP contribution in [0, 0.1) is 5.92 Å². The van der Waals surface area contributed by atoms with Gasteiger partial charge >= 0.3 is 0 Å². The number of nitrogens with one attached hydrogen (secondary N) is 2. The van der Waals surface area contributed by atoms with Crippen LogP contribution in [0.4, 0.5) is 0 Å². The van der Waals surface area contributed by atoms with Crippen molar-refractivity contribution in [3.05, 3.63) is 0 Å². The predicted octanol–water partition coefficient (Wildman–Crippen LogP) is 2.55. The molecule has 1 unspecified atom stereocenters. The summed E-state index contributed by atoms with van der Waals surface area (Å²) in [7, 11) is 0. The minimum atomic E-state index is 0.842. The van der Waals surface area contributed by atoms with Gasteiger partial charge in [0.25, 0.3) is 0 Å². The topological polar surface area (TPSA) is 24.1 Å². The Morgan fingerprint density at radius 2 is 1.33 bits per heavy atom. The fourth-order valence-corrected chi connectivity index (χ4v) is 2.18. The molecule has 1 atom stereocenters. The summed E-state index contributed by atoms with van der Waals surface area (Å²) in [6, 6.07) is 0. The molecule has 1 rings (SSSR count). The molecular formula is C13H28N2. The lowest BCUT2D eigenvalue weighted by Gasteiger charge is -2.13. The molecule has 0 spiro atoms. The summed E-state index contributed by atoms with van der Waals surface area (Å²) in [6.45, 7) is 7.23. The molecule has 0 aromatic heterocycles. The second-order valence-electron chi connectivity index (χ2n) is 4.97. The van der Waals surface area contributed by atoms with Crippen molar-refractivity contribution in [2.45, 2.75) is 51.9 Å². The molecule has 0 radical (unpaired) electrons. The number of rotatable bonds is 0. The van der Waals surface area contributed by atoms with E-state index in [1.54, 1.807) is 0 Å². The first-order valence-corrected chi connectivity index (χ1v) is 6.81. The lowest BCUT2D eigenvalue weighted by Crippen LogP contribution is -2.24. The van der Waals surface area contributed by atoms with Gasteiger partial charge in [0, 0.05) is 0 Å². The number of hydrogen-bond acceptors (Lipinski definition) is 2. The Balaban J connectivity index is 2.10. The lowest BCUT2D eigenvalue weighted by atomic mass is 10.1. The quantitative estimate of drug-likeness (QED) is 0.645. The fourth-order valence-electron chi connectivity index (χ4n) is 2.18. The van der Waals surface area contributed by atoms with E-state index in [1.165, 1.54) is 71.1 Å². The highest BCUT2D eigenvalue weighted by atomic mass is 14.9. The number of hydrogen-bond donors (Lipinski definition) is 2. The van der Waals surface area contributed by atoms with Crippen LogP contribution in [0.25, 0.3) is 0 Å². The van der Waals surface area contributed by atoms with Crippen molar-refractivity contribution in [3.8, 4) is 0 Å². The standard InChI is InChI=1S/C13H28N2/c1-13-8-7-11-14-9-5-3-2-4-6-10-15-12-13/h13-15H,2-12H2,1H3. The van der Waals surface area contributed by atoms with E-state index in [4.69, 9.17) is 0 Å². The molecule has 1 aliphatic heterocycles. The lowest BCUT2D eigenvalue weighted by molar-refractivity contribution is 0.443. The van der Waals surface area contributed by atoms with Crippen LogP contribution in [0.3, 0.4) is 0 Å². The van der Waals surface area contributed by atoms with Gasteiger partial charge in [-0.2, -0.15) is 0 Å². The molecule has 1 aliphatic rings. The zero-order valence-electron chi connectivity index (χ0n) is 10.4. The van der Waals surface area contributed by atoms with Gasteiger partial charge in [-0.1, -0.05) is 26.2 Å². The van der Waals surface area contributed by atoms with Gasteiger partial charge in [-0.25, -0.2) is 0 Å². The van der Waals surface area contributed by atoms with Crippen molar-refractivity contribution in [1.82, 2.24) is 10.6 Å². The Labute approximate surface area is 95.2 Å². The molecule has 15 heavy (non-hydrogen) atoms. The molecular weight excluding hydrogens is 184 g/mol. The smallest absolute Gasteiger partial charge is 0.00231 e. The van der Waals surface area contributed by atoms with E-state index in [0.717, 1.165) is 5.92 Å². The first-order chi connectivity index (χ1) is 7.39. The van der Waals surface area contributed by atoms with Gasteiger partial charge in [0.15, 0.2) is 0 Å². The molecule has 0 aliphatic carbocycles. The third-order valence-electron chi connectivity index (χ3n) is 3.25. The van der Waals surface area contributed by atoms with Crippen LogP contribution in [0.5, 0.6) is 0 Å². The van der Waals surface area contributed by atoms with Crippen molar-refractivity contribution in [2.24, 2.45) is 5.92 Å². The van der Waals surface area contributed by atoms with E-state index in [2.05, 4.69) is 17.6 Å². The van der Waals surface area contributed by atoms with Crippen molar-refractivity contribution in [1.29, 1.82) is 0 Å². The monoisotopic (exact) mass is 212 g/mol. The predicted molar refractivity (Wildman–Crippen MR) is 67.2 cm³/mol. The third kappa shape index (κ3) is 7.80. The first-order valence-electron chi connectivity index (χ1n) is 6.81. The summed E-state index contributed by atoms with van der Waals surface area (Å²) in [5.74, 6) is 0.842. The van der Waals surface area contributed by atoms with Gasteiger partial charge in [-0.05, 0) is 57.8 Å². The highest BCUT2D eigenvalue weighted by Gasteiger charge is 2.01. The maximum absolute atomic E-state index is 3.57. The van der Waals surface area contributed by atoms with E-state index in [1.807, 2.05) is 0 Å². The van der Waals surface area contributed by atoms with E-state index < -0.39 is 0 Å². The van der Waals surface area contributed by atoms with Gasteiger partial charge in [-0.15, -0.1) is 0 Å². The van der Waals surface area contributed by atoms with Crippen molar-refractivity contribution >= 4 is 0 Å². The Morgan fingerprint density at radius 1 is 0.733 bits per heavy atom. The van der Waals surface area contributed by atoms with Gasteiger partial charge in [-0.3, -0.25) is 0 Å². The maximum atomic E-state index is 3.57. The van der Waals surface area contributed by atoms with Gasteiger partial charge < -0.3 is 10.6 Å². The third-order valence-corrected chi connectivity index (χ3v) is 3.25. The van der Waals surface area contributed by atoms with Crippen LogP contribution in [-0.4, -0.2) is 26.2 Å². The fraction of sp³-hybridized carbons (Fsp3) is 1.00. The van der Waals surface area contributed by atoms with Crippen molar-refractivity contribution < 1.29 is 0 Å². The van der Waals surface area contributed by atoms with E-state index in [9.17, 15) is 0 Å². The summed E-state index contributed by atoms with van der Waals surface area (Å²) < 4.78 is 0. The molecule has 1 heterocycles. The molecule has 0 aromatic rings. The second-order valence-corrected chi connectivity index (χ2v) is 4.97. The zero-order chi connectivity index (χ0) is 10.8. The van der Waals surface area contributed by atoms with Gasteiger partial charge in [0.05, 0.1) is 0 Å². The zero-order valence-corrected chi connectivity index (χ0v) is 10.4. The summed E-state index contributed by atoms with van der Waals surface area (Å²) in [5, 5.41) is 7.11. The SMILES string of the molecule is CC1CCCNCCCCCCCNC1. The Bertz CT molecular complexity index is 122. The van der Waals surface area contributed by atoms with Crippen molar-refractivity contribution in [2.75, 3.05) is 26.2 Å². The van der Waals surface area contributed by atoms with Crippen LogP contribution in [0.2, 0.25) is 0 Å². The average molecular weight is 212 g/mol. The highest BCUT2D eigenvalue weighted by Crippen LogP contribution is 2.05. The normalized spacial score (nSPS) is 28.2. The molecule has 2 heteroatoms. The first kappa shape index (κ1) is 13.0. The molecule has 2 nitrogen and oxygen atoms in total. The minimum Gasteiger partial charge on any atom is -0.317 e. The molecule has 0 amide bonds. The molecule has 0 bridgehead atoms. The summed E-state index contributed by atoms with van der Waals surface area (Å²) in [5.41, 5.74) is 0. The van der Waals surface area contributed by atoms with Crippen molar-refractivity contribution in [3.63, 3.8) is 0 Å². The van der Waals surface area contributed by atoms with Crippen LogP contribution < -0.4 is 10.6 Å². The second kappa shape index (κ2) is 9.17. The highest BCUT2D eigenvalue weighted by molar-refractivity contribution is 4.60. The van der Waals surface area contributed by atoms with E-state index in [-0.39, 0.29) is 0 Å². The molecule has 1 saturated heterocycles. The van der Waals surface area contributed by atoms with E-state index >= 15 is 0 Å². The average Bonchev–Trinajstić information content (AvgIpc) is 2.24. The molecule has 0 saturated carbocycles. The van der Waals surface area contributed by atoms with Crippen LogP contribution >= 0.6 is 0 Å². The summed E-state index contributed by atoms with van der Waals surface area (Å²) in [4.78, 5) is 0. The maximum Gasteiger partial charge on any atom is -0.00231 e.